The molecule has 0 bridgehead atoms. The summed E-state index contributed by atoms with van der Waals surface area (Å²) < 4.78 is 20.7. The fourth-order valence-electron chi connectivity index (χ4n) is 6.18. The number of hydrogen-bond acceptors (Lipinski definition) is 6. The molecular weight excluding hydrogens is 537 g/mol. The molecule has 2 aliphatic heterocycles. The molecule has 226 valence electrons. The van der Waals surface area contributed by atoms with Gasteiger partial charge in [-0.15, -0.1) is 0 Å². The standard InChI is InChI=1S/C32H42FN5O4/c33-25-17-24(18-26(20-25)36-30(39)7-4-11-34)32(41)38-15-13-37(14-16-38)31(40)23-8-9-29(42-27-10-12-35-21-27)28(19-23)22-5-2-1-3-6-22/h8-9,17-20,22,27,35H,1-7,10-16,21,34H2,(H,36,39)/t27-/m0/s1. The Bertz CT molecular complexity index is 1270. The van der Waals surface area contributed by atoms with E-state index in [1.54, 1.807) is 9.80 Å². The predicted octanol–water partition coefficient (Wildman–Crippen LogP) is 3.89. The molecule has 3 fully saturated rings. The summed E-state index contributed by atoms with van der Waals surface area (Å²) in [6.07, 6.45) is 7.73. The highest BCUT2D eigenvalue weighted by Gasteiger charge is 2.28. The summed E-state index contributed by atoms with van der Waals surface area (Å²) in [6.45, 7) is 3.62. The number of benzene rings is 2. The topological polar surface area (TPSA) is 117 Å². The van der Waals surface area contributed by atoms with Gasteiger partial charge in [-0.05, 0) is 86.7 Å². The van der Waals surface area contributed by atoms with Crippen LogP contribution >= 0.6 is 0 Å². The molecule has 1 saturated carbocycles. The lowest BCUT2D eigenvalue weighted by Crippen LogP contribution is -2.50. The van der Waals surface area contributed by atoms with Crippen molar-refractivity contribution in [1.82, 2.24) is 15.1 Å². The van der Waals surface area contributed by atoms with Crippen LogP contribution in [0.25, 0.3) is 0 Å². The molecule has 2 aromatic carbocycles. The third-order valence-electron chi connectivity index (χ3n) is 8.50. The molecule has 2 saturated heterocycles. The highest BCUT2D eigenvalue weighted by molar-refractivity contribution is 5.98. The second-order valence-electron chi connectivity index (χ2n) is 11.6. The zero-order valence-electron chi connectivity index (χ0n) is 24.2. The first-order chi connectivity index (χ1) is 20.4. The van der Waals surface area contributed by atoms with Gasteiger partial charge in [0.1, 0.15) is 17.7 Å². The summed E-state index contributed by atoms with van der Waals surface area (Å²) in [5.74, 6) is 0.0232. The lowest BCUT2D eigenvalue weighted by Gasteiger charge is -2.35. The average Bonchev–Trinajstić information content (AvgIpc) is 3.53. The molecule has 4 N–H and O–H groups in total. The molecule has 42 heavy (non-hydrogen) atoms. The largest absolute Gasteiger partial charge is 0.489 e. The fourth-order valence-corrected chi connectivity index (χ4v) is 6.18. The van der Waals surface area contributed by atoms with Gasteiger partial charge in [0, 0.05) is 56.0 Å². The van der Waals surface area contributed by atoms with Gasteiger partial charge in [0.15, 0.2) is 0 Å². The SMILES string of the molecule is NCCCC(=O)Nc1cc(F)cc(C(=O)N2CCN(C(=O)c3ccc(O[C@H]4CCNC4)c(C4CCCCC4)c3)CC2)c1. The van der Waals surface area contributed by atoms with Crippen molar-refractivity contribution >= 4 is 23.4 Å². The third-order valence-corrected chi connectivity index (χ3v) is 8.50. The van der Waals surface area contributed by atoms with Gasteiger partial charge in [-0.3, -0.25) is 14.4 Å². The maximum absolute atomic E-state index is 14.3. The van der Waals surface area contributed by atoms with Crippen LogP contribution in [-0.4, -0.2) is 79.4 Å². The Hall–Kier alpha value is -3.50. The van der Waals surface area contributed by atoms with E-state index in [2.05, 4.69) is 10.6 Å². The van der Waals surface area contributed by atoms with E-state index in [4.69, 9.17) is 10.5 Å². The van der Waals surface area contributed by atoms with E-state index in [-0.39, 0.29) is 41.5 Å². The molecule has 0 radical (unpaired) electrons. The van der Waals surface area contributed by atoms with Crippen molar-refractivity contribution in [1.29, 1.82) is 0 Å². The second-order valence-corrected chi connectivity index (χ2v) is 11.6. The van der Waals surface area contributed by atoms with Crippen LogP contribution in [0, 0.1) is 5.82 Å². The lowest BCUT2D eigenvalue weighted by atomic mass is 9.83. The van der Waals surface area contributed by atoms with Crippen molar-refractivity contribution in [3.05, 3.63) is 58.9 Å². The summed E-state index contributed by atoms with van der Waals surface area (Å²) in [5, 5.41) is 5.99. The van der Waals surface area contributed by atoms with Crippen molar-refractivity contribution in [2.45, 2.75) is 63.4 Å². The molecule has 0 spiro atoms. The first kappa shape index (κ1) is 30.0. The van der Waals surface area contributed by atoms with Crippen molar-refractivity contribution < 1.29 is 23.5 Å². The Morgan fingerprint density at radius 2 is 1.64 bits per heavy atom. The zero-order valence-corrected chi connectivity index (χ0v) is 24.2. The number of amides is 3. The molecule has 3 amide bonds. The molecule has 3 aliphatic rings. The zero-order chi connectivity index (χ0) is 29.5. The number of anilines is 1. The van der Waals surface area contributed by atoms with Gasteiger partial charge in [-0.25, -0.2) is 4.39 Å². The quantitative estimate of drug-likeness (QED) is 0.415. The number of nitrogens with two attached hydrogens (primary N) is 1. The summed E-state index contributed by atoms with van der Waals surface area (Å²) in [4.78, 5) is 42.3. The van der Waals surface area contributed by atoms with Gasteiger partial charge in [-0.1, -0.05) is 19.3 Å². The highest BCUT2D eigenvalue weighted by atomic mass is 19.1. The first-order valence-electron chi connectivity index (χ1n) is 15.3. The summed E-state index contributed by atoms with van der Waals surface area (Å²) in [6, 6.07) is 9.71. The maximum Gasteiger partial charge on any atom is 0.254 e. The van der Waals surface area contributed by atoms with Crippen LogP contribution < -0.4 is 21.1 Å². The number of rotatable bonds is 9. The summed E-state index contributed by atoms with van der Waals surface area (Å²) in [5.41, 5.74) is 7.63. The van der Waals surface area contributed by atoms with Crippen molar-refractivity contribution in [3.63, 3.8) is 0 Å². The minimum atomic E-state index is -0.603. The molecule has 2 aromatic rings. The number of piperazine rings is 1. The Labute approximate surface area is 246 Å². The Balaban J connectivity index is 1.23. The minimum absolute atomic E-state index is 0.0542. The molecule has 0 aromatic heterocycles. The van der Waals surface area contributed by atoms with Crippen molar-refractivity contribution in [2.24, 2.45) is 5.73 Å². The van der Waals surface area contributed by atoms with Gasteiger partial charge in [0.2, 0.25) is 5.91 Å². The lowest BCUT2D eigenvalue weighted by molar-refractivity contribution is -0.116. The van der Waals surface area contributed by atoms with Gasteiger partial charge in [-0.2, -0.15) is 0 Å². The van der Waals surface area contributed by atoms with E-state index in [9.17, 15) is 18.8 Å². The van der Waals surface area contributed by atoms with Crippen molar-refractivity contribution in [2.75, 3.05) is 51.1 Å². The fraction of sp³-hybridized carbons (Fsp3) is 0.531. The molecule has 10 heteroatoms. The first-order valence-corrected chi connectivity index (χ1v) is 15.3. The molecule has 9 nitrogen and oxygen atoms in total. The Morgan fingerprint density at radius 1 is 0.929 bits per heavy atom. The van der Waals surface area contributed by atoms with E-state index in [0.29, 0.717) is 50.6 Å². The van der Waals surface area contributed by atoms with E-state index < -0.39 is 5.82 Å². The Morgan fingerprint density at radius 3 is 2.31 bits per heavy atom. The van der Waals surface area contributed by atoms with Gasteiger partial charge >= 0.3 is 0 Å². The number of hydrogen-bond donors (Lipinski definition) is 3. The van der Waals surface area contributed by atoms with E-state index in [1.807, 2.05) is 18.2 Å². The smallest absolute Gasteiger partial charge is 0.254 e. The second kappa shape index (κ2) is 14.1. The van der Waals surface area contributed by atoms with Crippen LogP contribution in [0.4, 0.5) is 10.1 Å². The average molecular weight is 580 g/mol. The number of ether oxygens (including phenoxy) is 1. The Kier molecular flexibility index (Phi) is 10.1. The normalized spacial score (nSPS) is 19.5. The van der Waals surface area contributed by atoms with E-state index >= 15 is 0 Å². The maximum atomic E-state index is 14.3. The molecule has 5 rings (SSSR count). The van der Waals surface area contributed by atoms with Crippen LogP contribution in [0.3, 0.4) is 0 Å². The van der Waals surface area contributed by atoms with Crippen LogP contribution in [0.5, 0.6) is 5.75 Å². The van der Waals surface area contributed by atoms with Crippen LogP contribution in [0.2, 0.25) is 0 Å². The molecule has 1 aliphatic carbocycles. The number of nitrogens with one attached hydrogen (secondary N) is 2. The third kappa shape index (κ3) is 7.46. The molecule has 2 heterocycles. The molecular formula is C32H42FN5O4. The number of nitrogens with zero attached hydrogens (tertiary/aromatic N) is 2. The van der Waals surface area contributed by atoms with Crippen molar-refractivity contribution in [3.8, 4) is 5.75 Å². The van der Waals surface area contributed by atoms with Gasteiger partial charge in [0.25, 0.3) is 11.8 Å². The van der Waals surface area contributed by atoms with Crippen LogP contribution in [0.1, 0.15) is 83.6 Å². The molecule has 0 unspecified atom stereocenters. The minimum Gasteiger partial charge on any atom is -0.489 e. The van der Waals surface area contributed by atoms with Crippen LogP contribution in [-0.2, 0) is 4.79 Å². The summed E-state index contributed by atoms with van der Waals surface area (Å²) in [7, 11) is 0. The van der Waals surface area contributed by atoms with E-state index in [1.165, 1.54) is 37.5 Å². The van der Waals surface area contributed by atoms with Gasteiger partial charge in [0.05, 0.1) is 0 Å². The number of halogens is 1. The summed E-state index contributed by atoms with van der Waals surface area (Å²) >= 11 is 0. The molecule has 1 atom stereocenters. The van der Waals surface area contributed by atoms with Gasteiger partial charge < -0.3 is 30.9 Å². The highest BCUT2D eigenvalue weighted by Crippen LogP contribution is 2.39. The number of carbonyl (C=O) groups is 3. The number of carbonyl (C=O) groups excluding carboxylic acids is 3. The predicted molar refractivity (Wildman–Crippen MR) is 159 cm³/mol. The van der Waals surface area contributed by atoms with Crippen LogP contribution in [0.15, 0.2) is 36.4 Å². The van der Waals surface area contributed by atoms with E-state index in [0.717, 1.165) is 43.7 Å². The monoisotopic (exact) mass is 579 g/mol.